The molecule has 0 fully saturated rings. The fraction of sp³-hybridized carbons (Fsp3) is 0.0588. The van der Waals surface area contributed by atoms with Crippen molar-refractivity contribution >= 4 is 39.1 Å². The van der Waals surface area contributed by atoms with Crippen molar-refractivity contribution in [2.24, 2.45) is 4.99 Å². The highest BCUT2D eigenvalue weighted by molar-refractivity contribution is 7.16. The summed E-state index contributed by atoms with van der Waals surface area (Å²) in [5, 5.41) is 0.522. The van der Waals surface area contributed by atoms with Crippen LogP contribution in [0.4, 0.5) is 4.39 Å². The number of para-hydroxylation sites is 1. The highest BCUT2D eigenvalue weighted by Crippen LogP contribution is 2.25. The Kier molecular flexibility index (Phi) is 4.28. The van der Waals surface area contributed by atoms with Crippen molar-refractivity contribution in [3.63, 3.8) is 0 Å². The van der Waals surface area contributed by atoms with Crippen molar-refractivity contribution < 1.29 is 9.18 Å². The first-order valence-electron chi connectivity index (χ1n) is 6.66. The number of carbonyl (C=O) groups is 1. The summed E-state index contributed by atoms with van der Waals surface area (Å²) in [6.07, 6.45) is 5.40. The standard InChI is InChI=1S/C17H10ClFN2OS/c1-2-10-21-15-12(18)7-5-9-14(15)23-17(21)20-16(22)11-6-3-4-8-13(11)19/h1,3-9H,10H2. The van der Waals surface area contributed by atoms with Crippen molar-refractivity contribution in [3.05, 3.63) is 63.7 Å². The number of thiazole rings is 1. The van der Waals surface area contributed by atoms with Crippen LogP contribution in [0.15, 0.2) is 47.5 Å². The van der Waals surface area contributed by atoms with Gasteiger partial charge in [-0.05, 0) is 24.3 Å². The molecule has 0 unspecified atom stereocenters. The molecule has 23 heavy (non-hydrogen) atoms. The maximum absolute atomic E-state index is 13.7. The molecule has 0 atom stereocenters. The van der Waals surface area contributed by atoms with E-state index < -0.39 is 11.7 Å². The van der Waals surface area contributed by atoms with Gasteiger partial charge in [0.1, 0.15) is 5.82 Å². The lowest BCUT2D eigenvalue weighted by Crippen LogP contribution is -2.17. The summed E-state index contributed by atoms with van der Waals surface area (Å²) in [7, 11) is 0. The van der Waals surface area contributed by atoms with E-state index in [9.17, 15) is 9.18 Å². The molecule has 3 aromatic rings. The number of benzene rings is 2. The van der Waals surface area contributed by atoms with E-state index in [-0.39, 0.29) is 12.1 Å². The van der Waals surface area contributed by atoms with Crippen molar-refractivity contribution in [2.75, 3.05) is 0 Å². The minimum Gasteiger partial charge on any atom is -0.303 e. The topological polar surface area (TPSA) is 34.4 Å². The van der Waals surface area contributed by atoms with Crippen LogP contribution in [0.5, 0.6) is 0 Å². The summed E-state index contributed by atoms with van der Waals surface area (Å²) < 4.78 is 16.3. The van der Waals surface area contributed by atoms with E-state index in [0.717, 1.165) is 10.2 Å². The molecule has 2 aromatic carbocycles. The van der Waals surface area contributed by atoms with Crippen molar-refractivity contribution in [1.29, 1.82) is 0 Å². The highest BCUT2D eigenvalue weighted by Gasteiger charge is 2.13. The minimum atomic E-state index is -0.656. The predicted molar refractivity (Wildman–Crippen MR) is 90.0 cm³/mol. The van der Waals surface area contributed by atoms with E-state index in [1.807, 2.05) is 12.1 Å². The average molecular weight is 345 g/mol. The molecule has 3 nitrogen and oxygen atoms in total. The summed E-state index contributed by atoms with van der Waals surface area (Å²) >= 11 is 7.50. The molecule has 0 bridgehead atoms. The number of rotatable bonds is 2. The fourth-order valence-corrected chi connectivity index (χ4v) is 3.58. The first-order chi connectivity index (χ1) is 11.1. The first-order valence-corrected chi connectivity index (χ1v) is 7.86. The highest BCUT2D eigenvalue weighted by atomic mass is 35.5. The number of fused-ring (bicyclic) bond motifs is 1. The van der Waals surface area contributed by atoms with Crippen LogP contribution in [-0.4, -0.2) is 10.5 Å². The summed E-state index contributed by atoms with van der Waals surface area (Å²) in [6, 6.07) is 11.1. The number of halogens is 2. The van der Waals surface area contributed by atoms with Crippen LogP contribution in [0.25, 0.3) is 10.2 Å². The number of hydrogen-bond donors (Lipinski definition) is 0. The quantitative estimate of drug-likeness (QED) is 0.650. The Bertz CT molecular complexity index is 1010. The third-order valence-corrected chi connectivity index (χ3v) is 4.55. The van der Waals surface area contributed by atoms with E-state index in [2.05, 4.69) is 10.9 Å². The Balaban J connectivity index is 2.22. The number of carbonyl (C=O) groups excluding carboxylic acids is 1. The van der Waals surface area contributed by atoms with Crippen LogP contribution in [0.3, 0.4) is 0 Å². The number of aromatic nitrogens is 1. The summed E-state index contributed by atoms with van der Waals surface area (Å²) in [6.45, 7) is 0.215. The summed E-state index contributed by atoms with van der Waals surface area (Å²) in [4.78, 5) is 16.7. The van der Waals surface area contributed by atoms with Gasteiger partial charge in [0, 0.05) is 0 Å². The summed E-state index contributed by atoms with van der Waals surface area (Å²) in [5.74, 6) is 1.26. The second-order valence-electron chi connectivity index (χ2n) is 4.66. The maximum Gasteiger partial charge on any atom is 0.282 e. The molecular formula is C17H10ClFN2OS. The van der Waals surface area contributed by atoms with Crippen LogP contribution in [0, 0.1) is 18.2 Å². The van der Waals surface area contributed by atoms with Crippen LogP contribution in [0.2, 0.25) is 5.02 Å². The molecular weight excluding hydrogens is 335 g/mol. The molecule has 0 saturated carbocycles. The van der Waals surface area contributed by atoms with E-state index in [1.54, 1.807) is 16.7 Å². The van der Waals surface area contributed by atoms with Crippen LogP contribution in [0.1, 0.15) is 10.4 Å². The molecule has 0 aliphatic carbocycles. The van der Waals surface area contributed by atoms with E-state index in [4.69, 9.17) is 18.0 Å². The molecule has 1 amide bonds. The largest absolute Gasteiger partial charge is 0.303 e. The zero-order chi connectivity index (χ0) is 16.4. The molecule has 3 rings (SSSR count). The third kappa shape index (κ3) is 2.91. The zero-order valence-electron chi connectivity index (χ0n) is 11.8. The minimum absolute atomic E-state index is 0.0803. The van der Waals surface area contributed by atoms with Crippen LogP contribution >= 0.6 is 22.9 Å². The predicted octanol–water partition coefficient (Wildman–Crippen LogP) is 3.87. The molecule has 0 N–H and O–H groups in total. The number of hydrogen-bond acceptors (Lipinski definition) is 2. The third-order valence-electron chi connectivity index (χ3n) is 3.20. The van der Waals surface area contributed by atoms with E-state index in [0.29, 0.717) is 9.82 Å². The molecule has 1 heterocycles. The van der Waals surface area contributed by atoms with Crippen molar-refractivity contribution in [1.82, 2.24) is 4.57 Å². The monoisotopic (exact) mass is 344 g/mol. The van der Waals surface area contributed by atoms with Crippen molar-refractivity contribution in [3.8, 4) is 12.3 Å². The van der Waals surface area contributed by atoms with E-state index in [1.165, 1.54) is 29.5 Å². The Morgan fingerprint density at radius 2 is 2.09 bits per heavy atom. The number of amides is 1. The molecule has 0 aliphatic rings. The molecule has 0 radical (unpaired) electrons. The number of terminal acetylenes is 1. The normalized spacial score (nSPS) is 11.6. The van der Waals surface area contributed by atoms with Gasteiger partial charge in [0.25, 0.3) is 5.91 Å². The Morgan fingerprint density at radius 3 is 2.83 bits per heavy atom. The van der Waals surface area contributed by atoms with Gasteiger partial charge in [0.05, 0.1) is 27.3 Å². The maximum atomic E-state index is 13.7. The fourth-order valence-electron chi connectivity index (χ4n) is 2.19. The molecule has 1 aromatic heterocycles. The van der Waals surface area contributed by atoms with E-state index >= 15 is 0 Å². The smallest absolute Gasteiger partial charge is 0.282 e. The van der Waals surface area contributed by atoms with Gasteiger partial charge < -0.3 is 4.57 Å². The average Bonchev–Trinajstić information content (AvgIpc) is 2.87. The van der Waals surface area contributed by atoms with Gasteiger partial charge in [-0.1, -0.05) is 47.1 Å². The van der Waals surface area contributed by atoms with Gasteiger partial charge in [-0.25, -0.2) is 4.39 Å². The van der Waals surface area contributed by atoms with Crippen molar-refractivity contribution in [2.45, 2.75) is 6.54 Å². The van der Waals surface area contributed by atoms with Gasteiger partial charge >= 0.3 is 0 Å². The Hall–Kier alpha value is -2.42. The SMILES string of the molecule is C#CCn1c(=NC(=O)c2ccccc2F)sc2cccc(Cl)c21. The molecule has 0 aliphatic heterocycles. The second-order valence-corrected chi connectivity index (χ2v) is 6.07. The van der Waals surface area contributed by atoms with Crippen LogP contribution < -0.4 is 4.80 Å². The molecule has 0 spiro atoms. The first kappa shape index (κ1) is 15.5. The van der Waals surface area contributed by atoms with Gasteiger partial charge in [-0.15, -0.1) is 6.42 Å². The zero-order valence-corrected chi connectivity index (χ0v) is 13.4. The lowest BCUT2D eigenvalue weighted by Gasteiger charge is -2.01. The van der Waals surface area contributed by atoms with Gasteiger partial charge in [0.15, 0.2) is 4.80 Å². The lowest BCUT2D eigenvalue weighted by molar-refractivity contribution is 0.0994. The van der Waals surface area contributed by atoms with Gasteiger partial charge in [-0.2, -0.15) is 4.99 Å². The summed E-state index contributed by atoms with van der Waals surface area (Å²) in [5.41, 5.74) is 0.639. The Labute approximate surface area is 140 Å². The van der Waals surface area contributed by atoms with Gasteiger partial charge in [0.2, 0.25) is 0 Å². The molecule has 0 saturated heterocycles. The Morgan fingerprint density at radius 1 is 1.30 bits per heavy atom. The molecule has 6 heteroatoms. The lowest BCUT2D eigenvalue weighted by atomic mass is 10.2. The van der Waals surface area contributed by atoms with Crippen LogP contribution in [-0.2, 0) is 6.54 Å². The number of nitrogens with zero attached hydrogens (tertiary/aromatic N) is 2. The second kappa shape index (κ2) is 6.37. The van der Waals surface area contributed by atoms with Gasteiger partial charge in [-0.3, -0.25) is 4.79 Å². The molecule has 114 valence electrons.